The molecule has 2 heterocycles. The molecule has 0 radical (unpaired) electrons. The van der Waals surface area contributed by atoms with Crippen LogP contribution in [0.2, 0.25) is 0 Å². The number of carbonyl (C=O) groups is 3. The minimum absolute atomic E-state index is 0.290. The monoisotopic (exact) mass is 399 g/mol. The smallest absolute Gasteiger partial charge is 0.262 e. The first kappa shape index (κ1) is 18.2. The molecule has 0 aromatic heterocycles. The lowest BCUT2D eigenvalue weighted by Gasteiger charge is -2.17. The molecule has 0 unspecified atom stereocenters. The van der Waals surface area contributed by atoms with E-state index in [1.54, 1.807) is 42.5 Å². The molecular weight excluding hydrogens is 382 g/mol. The molecule has 4 rings (SSSR count). The molecule has 2 aliphatic rings. The first-order valence-corrected chi connectivity index (χ1v) is 10.5. The Hall–Kier alpha value is -3.20. The van der Waals surface area contributed by atoms with Gasteiger partial charge >= 0.3 is 0 Å². The highest BCUT2D eigenvalue weighted by Gasteiger charge is 2.36. The predicted molar refractivity (Wildman–Crippen MR) is 103 cm³/mol. The van der Waals surface area contributed by atoms with Gasteiger partial charge in [0.25, 0.3) is 11.8 Å². The van der Waals surface area contributed by atoms with Crippen molar-refractivity contribution < 1.29 is 22.8 Å². The van der Waals surface area contributed by atoms with E-state index in [2.05, 4.69) is 5.32 Å². The number of imide groups is 1. The van der Waals surface area contributed by atoms with Crippen LogP contribution in [-0.4, -0.2) is 50.4 Å². The summed E-state index contributed by atoms with van der Waals surface area (Å²) in [7, 11) is -3.34. The lowest BCUT2D eigenvalue weighted by atomic mass is 10.1. The molecule has 3 amide bonds. The summed E-state index contributed by atoms with van der Waals surface area (Å²) in [6.07, 6.45) is 1.70. The van der Waals surface area contributed by atoms with Gasteiger partial charge in [-0.2, -0.15) is 0 Å². The number of hydrogen-bond acceptors (Lipinski definition) is 5. The van der Waals surface area contributed by atoms with Crippen LogP contribution >= 0.6 is 0 Å². The van der Waals surface area contributed by atoms with E-state index in [1.165, 1.54) is 4.31 Å². The fourth-order valence-electron chi connectivity index (χ4n) is 3.52. The first-order valence-electron chi connectivity index (χ1n) is 8.61. The summed E-state index contributed by atoms with van der Waals surface area (Å²) in [5.41, 5.74) is 2.47. The molecule has 0 atom stereocenters. The van der Waals surface area contributed by atoms with Crippen LogP contribution in [0.15, 0.2) is 42.5 Å². The Kier molecular flexibility index (Phi) is 4.19. The highest BCUT2D eigenvalue weighted by molar-refractivity contribution is 7.92. The molecule has 0 saturated heterocycles. The molecule has 9 heteroatoms. The van der Waals surface area contributed by atoms with E-state index < -0.39 is 27.7 Å². The first-order chi connectivity index (χ1) is 13.3. The van der Waals surface area contributed by atoms with Crippen LogP contribution in [0.5, 0.6) is 0 Å². The standard InChI is InChI=1S/C19H17N3O5S/c1-28(26,27)22-9-8-12-10-13(6-7-16(12)22)20-17(23)11-21-18(24)14-4-2-3-5-15(14)19(21)25/h2-7,10H,8-9,11H2,1H3,(H,20,23). The summed E-state index contributed by atoms with van der Waals surface area (Å²) in [6, 6.07) is 11.4. The Morgan fingerprint density at radius 1 is 1.07 bits per heavy atom. The molecule has 2 aromatic carbocycles. The molecule has 0 bridgehead atoms. The minimum atomic E-state index is -3.34. The lowest BCUT2D eigenvalue weighted by Crippen LogP contribution is -2.37. The van der Waals surface area contributed by atoms with E-state index in [0.717, 1.165) is 16.7 Å². The van der Waals surface area contributed by atoms with Crippen molar-refractivity contribution in [1.82, 2.24) is 4.90 Å². The minimum Gasteiger partial charge on any atom is -0.325 e. The van der Waals surface area contributed by atoms with Gasteiger partial charge in [0.1, 0.15) is 6.54 Å². The summed E-state index contributed by atoms with van der Waals surface area (Å²) < 4.78 is 24.9. The maximum absolute atomic E-state index is 12.4. The lowest BCUT2D eigenvalue weighted by molar-refractivity contribution is -0.116. The normalized spacial score (nSPS) is 15.6. The second-order valence-corrected chi connectivity index (χ2v) is 8.63. The van der Waals surface area contributed by atoms with Crippen molar-refractivity contribution in [3.63, 3.8) is 0 Å². The van der Waals surface area contributed by atoms with E-state index in [-0.39, 0.29) is 6.54 Å². The molecule has 0 fully saturated rings. The summed E-state index contributed by atoms with van der Waals surface area (Å²) in [5.74, 6) is -1.49. The third kappa shape index (κ3) is 3.03. The molecule has 1 N–H and O–H groups in total. The van der Waals surface area contributed by atoms with Crippen molar-refractivity contribution in [3.05, 3.63) is 59.2 Å². The molecule has 8 nitrogen and oxygen atoms in total. The zero-order chi connectivity index (χ0) is 20.1. The van der Waals surface area contributed by atoms with Crippen molar-refractivity contribution >= 4 is 39.1 Å². The second kappa shape index (κ2) is 6.45. The number of sulfonamides is 1. The maximum Gasteiger partial charge on any atom is 0.262 e. The average molecular weight is 399 g/mol. The van der Waals surface area contributed by atoms with Crippen LogP contribution in [0.25, 0.3) is 0 Å². The van der Waals surface area contributed by atoms with Gasteiger partial charge < -0.3 is 5.32 Å². The number of nitrogens with zero attached hydrogens (tertiary/aromatic N) is 2. The number of rotatable bonds is 4. The molecular formula is C19H17N3O5S. The zero-order valence-corrected chi connectivity index (χ0v) is 15.8. The predicted octanol–water partition coefficient (Wildman–Crippen LogP) is 1.24. The fourth-order valence-corrected chi connectivity index (χ4v) is 4.48. The highest BCUT2D eigenvalue weighted by Crippen LogP contribution is 2.32. The van der Waals surface area contributed by atoms with E-state index >= 15 is 0 Å². The fraction of sp³-hybridized carbons (Fsp3) is 0.211. The molecule has 0 spiro atoms. The Bertz CT molecular complexity index is 1090. The topological polar surface area (TPSA) is 104 Å². The van der Waals surface area contributed by atoms with Gasteiger partial charge in [0.2, 0.25) is 15.9 Å². The number of amides is 3. The SMILES string of the molecule is CS(=O)(=O)N1CCc2cc(NC(=O)CN3C(=O)c4ccccc4C3=O)ccc21. The zero-order valence-electron chi connectivity index (χ0n) is 15.0. The average Bonchev–Trinajstić information content (AvgIpc) is 3.17. The number of benzene rings is 2. The van der Waals surface area contributed by atoms with Crippen LogP contribution in [0, 0.1) is 0 Å². The van der Waals surface area contributed by atoms with Gasteiger partial charge in [-0.3, -0.25) is 23.6 Å². The Morgan fingerprint density at radius 3 is 2.32 bits per heavy atom. The van der Waals surface area contributed by atoms with Crippen molar-refractivity contribution in [2.24, 2.45) is 0 Å². The van der Waals surface area contributed by atoms with Crippen molar-refractivity contribution in [1.29, 1.82) is 0 Å². The number of hydrogen-bond donors (Lipinski definition) is 1. The second-order valence-electron chi connectivity index (χ2n) is 6.72. The van der Waals surface area contributed by atoms with Crippen LogP contribution < -0.4 is 9.62 Å². The number of carbonyl (C=O) groups excluding carboxylic acids is 3. The third-order valence-electron chi connectivity index (χ3n) is 4.80. The molecule has 28 heavy (non-hydrogen) atoms. The van der Waals surface area contributed by atoms with Crippen molar-refractivity contribution in [2.75, 3.05) is 29.0 Å². The quantitative estimate of drug-likeness (QED) is 0.779. The van der Waals surface area contributed by atoms with E-state index in [4.69, 9.17) is 0 Å². The van der Waals surface area contributed by atoms with Gasteiger partial charge in [-0.1, -0.05) is 12.1 Å². The van der Waals surface area contributed by atoms with Crippen LogP contribution in [0.1, 0.15) is 26.3 Å². The van der Waals surface area contributed by atoms with Crippen molar-refractivity contribution in [2.45, 2.75) is 6.42 Å². The summed E-state index contributed by atoms with van der Waals surface area (Å²) in [5, 5.41) is 2.67. The van der Waals surface area contributed by atoms with Crippen LogP contribution in [-0.2, 0) is 21.2 Å². The van der Waals surface area contributed by atoms with Gasteiger partial charge in [-0.05, 0) is 42.3 Å². The summed E-state index contributed by atoms with van der Waals surface area (Å²) in [4.78, 5) is 38.0. The molecule has 0 aliphatic carbocycles. The number of anilines is 2. The van der Waals surface area contributed by atoms with Crippen LogP contribution in [0.3, 0.4) is 0 Å². The van der Waals surface area contributed by atoms with Gasteiger partial charge in [-0.25, -0.2) is 8.42 Å². The Labute approximate surface area is 161 Å². The Morgan fingerprint density at radius 2 is 1.71 bits per heavy atom. The molecule has 2 aromatic rings. The van der Waals surface area contributed by atoms with Gasteiger partial charge in [-0.15, -0.1) is 0 Å². The molecule has 2 aliphatic heterocycles. The third-order valence-corrected chi connectivity index (χ3v) is 5.98. The van der Waals surface area contributed by atoms with E-state index in [1.807, 2.05) is 0 Å². The number of fused-ring (bicyclic) bond motifs is 2. The highest BCUT2D eigenvalue weighted by atomic mass is 32.2. The van der Waals surface area contributed by atoms with Crippen molar-refractivity contribution in [3.8, 4) is 0 Å². The number of nitrogens with one attached hydrogen (secondary N) is 1. The van der Waals surface area contributed by atoms with E-state index in [0.29, 0.717) is 35.5 Å². The molecule has 144 valence electrons. The maximum atomic E-state index is 12.4. The van der Waals surface area contributed by atoms with Crippen LogP contribution in [0.4, 0.5) is 11.4 Å². The van der Waals surface area contributed by atoms with Gasteiger partial charge in [0.05, 0.1) is 23.1 Å². The Balaban J connectivity index is 1.47. The summed E-state index contributed by atoms with van der Waals surface area (Å²) >= 11 is 0. The largest absolute Gasteiger partial charge is 0.325 e. The van der Waals surface area contributed by atoms with E-state index in [9.17, 15) is 22.8 Å². The van der Waals surface area contributed by atoms with Gasteiger partial charge in [0.15, 0.2) is 0 Å². The molecule has 0 saturated carbocycles. The van der Waals surface area contributed by atoms with Gasteiger partial charge in [0, 0.05) is 12.2 Å². The summed E-state index contributed by atoms with van der Waals surface area (Å²) in [6.45, 7) is -0.0283.